The predicted molar refractivity (Wildman–Crippen MR) is 56.6 cm³/mol. The molecule has 0 atom stereocenters. The van der Waals surface area contributed by atoms with E-state index in [-0.39, 0.29) is 0 Å². The molecule has 14 heavy (non-hydrogen) atoms. The summed E-state index contributed by atoms with van der Waals surface area (Å²) in [5, 5.41) is 0. The number of nitrogens with zero attached hydrogens (tertiary/aromatic N) is 3. The zero-order valence-corrected chi connectivity index (χ0v) is 8.82. The van der Waals surface area contributed by atoms with E-state index in [4.69, 9.17) is 10.5 Å². The average Bonchev–Trinajstić information content (AvgIpc) is 2.20. The lowest BCUT2D eigenvalue weighted by Crippen LogP contribution is -2.19. The molecule has 1 heterocycles. The van der Waals surface area contributed by atoms with E-state index in [2.05, 4.69) is 9.97 Å². The molecule has 1 aromatic heterocycles. The minimum absolute atomic E-state index is 0.456. The molecule has 78 valence electrons. The Morgan fingerprint density at radius 2 is 2.14 bits per heavy atom. The first-order valence-corrected chi connectivity index (χ1v) is 4.65. The van der Waals surface area contributed by atoms with Crippen molar-refractivity contribution in [3.05, 3.63) is 6.33 Å². The Kier molecular flexibility index (Phi) is 3.50. The number of nitrogen functional groups attached to an aromatic ring is 1. The van der Waals surface area contributed by atoms with Gasteiger partial charge in [0.1, 0.15) is 12.0 Å². The van der Waals surface area contributed by atoms with Gasteiger partial charge in [0.15, 0.2) is 5.82 Å². The van der Waals surface area contributed by atoms with Gasteiger partial charge in [-0.25, -0.2) is 4.98 Å². The van der Waals surface area contributed by atoms with Crippen molar-refractivity contribution in [2.75, 3.05) is 30.8 Å². The molecule has 2 N–H and O–H groups in total. The maximum atomic E-state index is 5.85. The van der Waals surface area contributed by atoms with Crippen LogP contribution >= 0.6 is 0 Å². The maximum Gasteiger partial charge on any atom is 0.242 e. The Hall–Kier alpha value is -1.52. The first-order valence-electron chi connectivity index (χ1n) is 4.65. The Bertz CT molecular complexity index is 303. The standard InChI is InChI=1S/C9H16N4O/c1-4-13(3)8-7(10)9(14-5-2)12-6-11-8/h6H,4-5,10H2,1-3H3. The molecule has 0 saturated heterocycles. The second-order valence-electron chi connectivity index (χ2n) is 2.86. The van der Waals surface area contributed by atoms with Crippen molar-refractivity contribution >= 4 is 11.5 Å². The fraction of sp³-hybridized carbons (Fsp3) is 0.556. The summed E-state index contributed by atoms with van der Waals surface area (Å²) in [5.41, 5.74) is 6.35. The fourth-order valence-corrected chi connectivity index (χ4v) is 1.08. The van der Waals surface area contributed by atoms with Gasteiger partial charge in [0.25, 0.3) is 0 Å². The molecule has 0 fully saturated rings. The van der Waals surface area contributed by atoms with Gasteiger partial charge in [-0.05, 0) is 13.8 Å². The topological polar surface area (TPSA) is 64.3 Å². The van der Waals surface area contributed by atoms with Gasteiger partial charge in [-0.15, -0.1) is 0 Å². The summed E-state index contributed by atoms with van der Waals surface area (Å²) in [7, 11) is 1.93. The van der Waals surface area contributed by atoms with E-state index in [0.29, 0.717) is 24.0 Å². The number of hydrogen-bond donors (Lipinski definition) is 1. The minimum Gasteiger partial charge on any atom is -0.476 e. The lowest BCUT2D eigenvalue weighted by Gasteiger charge is -2.18. The molecular weight excluding hydrogens is 180 g/mol. The van der Waals surface area contributed by atoms with Crippen LogP contribution < -0.4 is 15.4 Å². The van der Waals surface area contributed by atoms with Gasteiger partial charge < -0.3 is 15.4 Å². The molecule has 0 aliphatic heterocycles. The molecule has 5 nitrogen and oxygen atoms in total. The van der Waals surface area contributed by atoms with Crippen LogP contribution in [0, 0.1) is 0 Å². The zero-order chi connectivity index (χ0) is 10.6. The monoisotopic (exact) mass is 196 g/mol. The van der Waals surface area contributed by atoms with Gasteiger partial charge in [0, 0.05) is 13.6 Å². The first-order chi connectivity index (χ1) is 6.70. The third-order valence-electron chi connectivity index (χ3n) is 1.94. The van der Waals surface area contributed by atoms with Crippen LogP contribution in [0.1, 0.15) is 13.8 Å². The molecule has 0 spiro atoms. The van der Waals surface area contributed by atoms with E-state index < -0.39 is 0 Å². The maximum absolute atomic E-state index is 5.85. The Labute approximate surface area is 83.9 Å². The summed E-state index contributed by atoms with van der Waals surface area (Å²) < 4.78 is 5.27. The van der Waals surface area contributed by atoms with Crippen LogP contribution in [-0.2, 0) is 0 Å². The molecule has 1 rings (SSSR count). The molecule has 5 heteroatoms. The van der Waals surface area contributed by atoms with Gasteiger partial charge in [0.05, 0.1) is 6.61 Å². The lowest BCUT2D eigenvalue weighted by atomic mass is 10.4. The number of anilines is 2. The van der Waals surface area contributed by atoms with E-state index >= 15 is 0 Å². The number of ether oxygens (including phenoxy) is 1. The van der Waals surface area contributed by atoms with Gasteiger partial charge >= 0.3 is 0 Å². The van der Waals surface area contributed by atoms with Crippen molar-refractivity contribution in [3.8, 4) is 5.88 Å². The zero-order valence-electron chi connectivity index (χ0n) is 8.82. The number of nitrogens with two attached hydrogens (primary N) is 1. The molecular formula is C9H16N4O. The van der Waals surface area contributed by atoms with Gasteiger partial charge in [0.2, 0.25) is 5.88 Å². The molecule has 0 aliphatic carbocycles. The molecule has 0 saturated carbocycles. The third-order valence-corrected chi connectivity index (χ3v) is 1.94. The largest absolute Gasteiger partial charge is 0.476 e. The summed E-state index contributed by atoms with van der Waals surface area (Å²) in [6, 6.07) is 0. The van der Waals surface area contributed by atoms with Crippen LogP contribution in [0.3, 0.4) is 0 Å². The summed E-state index contributed by atoms with van der Waals surface area (Å²) in [4.78, 5) is 10.0. The van der Waals surface area contributed by atoms with Crippen molar-refractivity contribution in [1.29, 1.82) is 0 Å². The molecule has 0 amide bonds. The first kappa shape index (κ1) is 10.6. The van der Waals surface area contributed by atoms with E-state index in [9.17, 15) is 0 Å². The summed E-state index contributed by atoms with van der Waals surface area (Å²) in [5.74, 6) is 1.17. The summed E-state index contributed by atoms with van der Waals surface area (Å²) in [6.07, 6.45) is 1.46. The van der Waals surface area contributed by atoms with Crippen LogP contribution in [0.15, 0.2) is 6.33 Å². The number of rotatable bonds is 4. The number of hydrogen-bond acceptors (Lipinski definition) is 5. The third kappa shape index (κ3) is 2.04. The summed E-state index contributed by atoms with van der Waals surface area (Å²) in [6.45, 7) is 5.32. The van der Waals surface area contributed by atoms with Crippen LogP contribution in [0.4, 0.5) is 11.5 Å². The molecule has 0 unspecified atom stereocenters. The van der Waals surface area contributed by atoms with E-state index in [1.165, 1.54) is 6.33 Å². The highest BCUT2D eigenvalue weighted by atomic mass is 16.5. The predicted octanol–water partition coefficient (Wildman–Crippen LogP) is 0.914. The molecule has 0 bridgehead atoms. The summed E-state index contributed by atoms with van der Waals surface area (Å²) >= 11 is 0. The molecule has 0 aliphatic rings. The van der Waals surface area contributed by atoms with Gasteiger partial charge in [-0.2, -0.15) is 4.98 Å². The van der Waals surface area contributed by atoms with Crippen molar-refractivity contribution in [2.24, 2.45) is 0 Å². The van der Waals surface area contributed by atoms with Crippen molar-refractivity contribution in [1.82, 2.24) is 9.97 Å². The fourth-order valence-electron chi connectivity index (χ4n) is 1.08. The van der Waals surface area contributed by atoms with E-state index in [0.717, 1.165) is 6.54 Å². The highest BCUT2D eigenvalue weighted by Gasteiger charge is 2.11. The average molecular weight is 196 g/mol. The van der Waals surface area contributed by atoms with Crippen LogP contribution in [-0.4, -0.2) is 30.2 Å². The van der Waals surface area contributed by atoms with Crippen LogP contribution in [0.2, 0.25) is 0 Å². The molecule has 0 radical (unpaired) electrons. The second-order valence-corrected chi connectivity index (χ2v) is 2.86. The normalized spacial score (nSPS) is 9.93. The Balaban J connectivity index is 3.00. The quantitative estimate of drug-likeness (QED) is 0.775. The Morgan fingerprint density at radius 1 is 1.43 bits per heavy atom. The molecule has 0 aromatic carbocycles. The van der Waals surface area contributed by atoms with Crippen molar-refractivity contribution in [3.63, 3.8) is 0 Å². The van der Waals surface area contributed by atoms with Gasteiger partial charge in [-0.1, -0.05) is 0 Å². The SMILES string of the molecule is CCOc1ncnc(N(C)CC)c1N. The number of aromatic nitrogens is 2. The second kappa shape index (κ2) is 4.64. The minimum atomic E-state index is 0.456. The van der Waals surface area contributed by atoms with E-state index in [1.54, 1.807) is 0 Å². The van der Waals surface area contributed by atoms with E-state index in [1.807, 2.05) is 25.8 Å². The Morgan fingerprint density at radius 3 is 2.71 bits per heavy atom. The van der Waals surface area contributed by atoms with Crippen molar-refractivity contribution < 1.29 is 4.74 Å². The highest BCUT2D eigenvalue weighted by molar-refractivity contribution is 5.67. The van der Waals surface area contributed by atoms with Crippen LogP contribution in [0.25, 0.3) is 0 Å². The van der Waals surface area contributed by atoms with Gasteiger partial charge in [-0.3, -0.25) is 0 Å². The molecule has 1 aromatic rings. The highest BCUT2D eigenvalue weighted by Crippen LogP contribution is 2.26. The lowest BCUT2D eigenvalue weighted by molar-refractivity contribution is 0.328. The van der Waals surface area contributed by atoms with Crippen molar-refractivity contribution in [2.45, 2.75) is 13.8 Å². The smallest absolute Gasteiger partial charge is 0.242 e. The van der Waals surface area contributed by atoms with Crippen LogP contribution in [0.5, 0.6) is 5.88 Å².